The van der Waals surface area contributed by atoms with Gasteiger partial charge in [0, 0.05) is 11.8 Å². The van der Waals surface area contributed by atoms with Gasteiger partial charge in [0.25, 0.3) is 0 Å². The van der Waals surface area contributed by atoms with Crippen LogP contribution in [-0.4, -0.2) is 31.2 Å². The van der Waals surface area contributed by atoms with Gasteiger partial charge in [0.2, 0.25) is 0 Å². The highest BCUT2D eigenvalue weighted by Gasteiger charge is 2.64. The Hall–Kier alpha value is -0.120. The van der Waals surface area contributed by atoms with Crippen molar-refractivity contribution in [2.45, 2.75) is 78.3 Å². The molecule has 2 saturated heterocycles. The highest BCUT2D eigenvalue weighted by atomic mass is 16.7. The van der Waals surface area contributed by atoms with Gasteiger partial charge in [0.05, 0.1) is 25.4 Å². The van der Waals surface area contributed by atoms with Crippen LogP contribution in [0, 0.1) is 16.7 Å². The van der Waals surface area contributed by atoms with Crippen molar-refractivity contribution in [2.75, 3.05) is 13.2 Å². The molecule has 0 aromatic rings. The van der Waals surface area contributed by atoms with Crippen LogP contribution in [0.1, 0.15) is 60.3 Å². The number of rotatable bonds is 1. The van der Waals surface area contributed by atoms with Crippen molar-refractivity contribution in [3.8, 4) is 0 Å². The summed E-state index contributed by atoms with van der Waals surface area (Å²) in [5.74, 6) is 0.161. The largest absolute Gasteiger partial charge is 0.373 e. The van der Waals surface area contributed by atoms with E-state index in [1.54, 1.807) is 0 Å². The normalized spacial score (nSPS) is 42.9. The first-order valence-corrected chi connectivity index (χ1v) is 8.24. The zero-order valence-electron chi connectivity index (χ0n) is 13.7. The van der Waals surface area contributed by atoms with Crippen LogP contribution >= 0.6 is 0 Å². The van der Waals surface area contributed by atoms with E-state index in [0.29, 0.717) is 12.0 Å². The van der Waals surface area contributed by atoms with Gasteiger partial charge in [-0.2, -0.15) is 0 Å². The molecule has 3 heteroatoms. The maximum Gasteiger partial charge on any atom is 0.176 e. The zero-order chi connectivity index (χ0) is 14.6. The second-order valence-corrected chi connectivity index (χ2v) is 8.16. The Balaban J connectivity index is 1.90. The van der Waals surface area contributed by atoms with Crippen molar-refractivity contribution in [2.24, 2.45) is 16.7 Å². The van der Waals surface area contributed by atoms with Crippen LogP contribution in [0.2, 0.25) is 0 Å². The van der Waals surface area contributed by atoms with Crippen molar-refractivity contribution in [1.29, 1.82) is 0 Å². The van der Waals surface area contributed by atoms with Crippen LogP contribution in [-0.2, 0) is 14.2 Å². The van der Waals surface area contributed by atoms with Gasteiger partial charge in [0.1, 0.15) is 0 Å². The van der Waals surface area contributed by atoms with Crippen LogP contribution in [0.15, 0.2) is 0 Å². The Morgan fingerprint density at radius 2 is 1.60 bits per heavy atom. The molecule has 1 saturated carbocycles. The summed E-state index contributed by atoms with van der Waals surface area (Å²) in [6.07, 6.45) is 5.20. The predicted molar refractivity (Wildman–Crippen MR) is 78.5 cm³/mol. The Labute approximate surface area is 123 Å². The average molecular weight is 282 g/mol. The molecule has 0 aromatic carbocycles. The molecule has 2 heterocycles. The van der Waals surface area contributed by atoms with Gasteiger partial charge in [-0.3, -0.25) is 0 Å². The van der Waals surface area contributed by atoms with E-state index in [1.165, 1.54) is 12.8 Å². The Morgan fingerprint density at radius 3 is 2.20 bits per heavy atom. The summed E-state index contributed by atoms with van der Waals surface area (Å²) < 4.78 is 18.8. The van der Waals surface area contributed by atoms with Gasteiger partial charge < -0.3 is 14.2 Å². The van der Waals surface area contributed by atoms with Crippen molar-refractivity contribution >= 4 is 0 Å². The molecule has 3 aliphatic rings. The SMILES string of the molecule is CC(C)C1CCC2(C)CCC3(OCCO3)C(C)(C)C2O1. The molecule has 1 spiro atoms. The van der Waals surface area contributed by atoms with Crippen LogP contribution in [0.4, 0.5) is 0 Å². The maximum atomic E-state index is 6.60. The molecule has 3 unspecified atom stereocenters. The minimum Gasteiger partial charge on any atom is -0.373 e. The highest BCUT2D eigenvalue weighted by Crippen LogP contribution is 2.59. The lowest BCUT2D eigenvalue weighted by molar-refractivity contribution is -0.323. The van der Waals surface area contributed by atoms with E-state index in [4.69, 9.17) is 14.2 Å². The quantitative estimate of drug-likeness (QED) is 0.733. The smallest absolute Gasteiger partial charge is 0.176 e. The minimum absolute atomic E-state index is 0.0932. The highest BCUT2D eigenvalue weighted by molar-refractivity contribution is 5.08. The number of ether oxygens (including phenoxy) is 3. The minimum atomic E-state index is -0.421. The summed E-state index contributed by atoms with van der Waals surface area (Å²) in [6, 6.07) is 0. The van der Waals surface area contributed by atoms with E-state index in [-0.39, 0.29) is 16.9 Å². The predicted octanol–water partition coefficient (Wildman–Crippen LogP) is 3.76. The molecule has 0 bridgehead atoms. The molecule has 3 rings (SSSR count). The Kier molecular flexibility index (Phi) is 3.47. The Bertz CT molecular complexity index is 370. The molecule has 1 aliphatic carbocycles. The lowest BCUT2D eigenvalue weighted by Gasteiger charge is -2.60. The number of hydrogen-bond donors (Lipinski definition) is 0. The molecule has 0 N–H and O–H groups in total. The van der Waals surface area contributed by atoms with Crippen molar-refractivity contribution in [3.63, 3.8) is 0 Å². The summed E-state index contributed by atoms with van der Waals surface area (Å²) in [4.78, 5) is 0. The first kappa shape index (κ1) is 14.8. The van der Waals surface area contributed by atoms with Crippen LogP contribution in [0.3, 0.4) is 0 Å². The fourth-order valence-corrected chi connectivity index (χ4v) is 4.74. The van der Waals surface area contributed by atoms with E-state index < -0.39 is 5.79 Å². The van der Waals surface area contributed by atoms with E-state index >= 15 is 0 Å². The Morgan fingerprint density at radius 1 is 0.950 bits per heavy atom. The maximum absolute atomic E-state index is 6.60. The van der Waals surface area contributed by atoms with E-state index in [1.807, 2.05) is 0 Å². The molecular formula is C17H30O3. The van der Waals surface area contributed by atoms with Gasteiger partial charge in [0.15, 0.2) is 5.79 Å². The zero-order valence-corrected chi connectivity index (χ0v) is 13.7. The van der Waals surface area contributed by atoms with Gasteiger partial charge in [-0.1, -0.05) is 34.6 Å². The molecule has 3 atom stereocenters. The molecule has 3 fully saturated rings. The molecule has 0 radical (unpaired) electrons. The third-order valence-electron chi connectivity index (χ3n) is 6.10. The molecule has 3 nitrogen and oxygen atoms in total. The van der Waals surface area contributed by atoms with Crippen LogP contribution in [0.5, 0.6) is 0 Å². The first-order valence-electron chi connectivity index (χ1n) is 8.24. The lowest BCUT2D eigenvalue weighted by atomic mass is 9.56. The van der Waals surface area contributed by atoms with Crippen LogP contribution in [0.25, 0.3) is 0 Å². The number of hydrogen-bond acceptors (Lipinski definition) is 3. The van der Waals surface area contributed by atoms with Gasteiger partial charge in [-0.05, 0) is 30.6 Å². The summed E-state index contributed by atoms with van der Waals surface area (Å²) >= 11 is 0. The summed E-state index contributed by atoms with van der Waals surface area (Å²) in [5.41, 5.74) is 0.180. The standard InChI is InChI=1S/C17H30O3/c1-12(2)13-6-7-16(5)8-9-17(18-10-11-19-17)15(3,4)14(16)20-13/h12-14H,6-11H2,1-5H3. The fourth-order valence-electron chi connectivity index (χ4n) is 4.74. The fraction of sp³-hybridized carbons (Fsp3) is 1.00. The van der Waals surface area contributed by atoms with E-state index in [0.717, 1.165) is 26.1 Å². The van der Waals surface area contributed by atoms with E-state index in [2.05, 4.69) is 34.6 Å². The van der Waals surface area contributed by atoms with Crippen molar-refractivity contribution in [1.82, 2.24) is 0 Å². The molecule has 2 aliphatic heterocycles. The third-order valence-corrected chi connectivity index (χ3v) is 6.10. The van der Waals surface area contributed by atoms with Gasteiger partial charge in [-0.25, -0.2) is 0 Å². The summed E-state index contributed by atoms with van der Waals surface area (Å²) in [5, 5.41) is 0. The van der Waals surface area contributed by atoms with E-state index in [9.17, 15) is 0 Å². The first-order chi connectivity index (χ1) is 9.31. The monoisotopic (exact) mass is 282 g/mol. The third kappa shape index (κ3) is 1.97. The van der Waals surface area contributed by atoms with Gasteiger partial charge in [-0.15, -0.1) is 0 Å². The second-order valence-electron chi connectivity index (χ2n) is 8.16. The molecule has 20 heavy (non-hydrogen) atoms. The molecular weight excluding hydrogens is 252 g/mol. The second kappa shape index (κ2) is 4.69. The number of fused-ring (bicyclic) bond motifs is 1. The van der Waals surface area contributed by atoms with Crippen LogP contribution < -0.4 is 0 Å². The van der Waals surface area contributed by atoms with Gasteiger partial charge >= 0.3 is 0 Å². The molecule has 0 aromatic heterocycles. The summed E-state index contributed by atoms with van der Waals surface area (Å²) in [6.45, 7) is 12.9. The lowest BCUT2D eigenvalue weighted by Crippen LogP contribution is -2.64. The van der Waals surface area contributed by atoms with Crippen molar-refractivity contribution < 1.29 is 14.2 Å². The topological polar surface area (TPSA) is 27.7 Å². The molecule has 0 amide bonds. The van der Waals surface area contributed by atoms with Crippen molar-refractivity contribution in [3.05, 3.63) is 0 Å². The summed E-state index contributed by atoms with van der Waals surface area (Å²) in [7, 11) is 0. The molecule has 116 valence electrons. The average Bonchev–Trinajstić information content (AvgIpc) is 2.85.